The highest BCUT2D eigenvalue weighted by Gasteiger charge is 2.42. The number of rotatable bonds is 3. The number of nitrogens with one attached hydrogen (secondary N) is 1. The van der Waals surface area contributed by atoms with Gasteiger partial charge in [-0.25, -0.2) is 4.79 Å². The maximum atomic E-state index is 12.2. The molecule has 1 aliphatic carbocycles. The van der Waals surface area contributed by atoms with Gasteiger partial charge in [0.15, 0.2) is 0 Å². The molecule has 0 aromatic heterocycles. The number of allylic oxidation sites excluding steroid dienone is 2. The second kappa shape index (κ2) is 5.48. The molecular formula is C17H18NO4-. The molecule has 1 aliphatic heterocycles. The number of hydrogen-bond acceptors (Lipinski definition) is 5. The third-order valence-electron chi connectivity index (χ3n) is 4.56. The zero-order chi connectivity index (χ0) is 15.9. The van der Waals surface area contributed by atoms with E-state index in [1.807, 2.05) is 6.07 Å². The highest BCUT2D eigenvalue weighted by Crippen LogP contribution is 2.46. The van der Waals surface area contributed by atoms with E-state index >= 15 is 0 Å². The number of fused-ring (bicyclic) bond motifs is 3. The Balaban J connectivity index is 2.06. The summed E-state index contributed by atoms with van der Waals surface area (Å²) in [6.45, 7) is 3.84. The van der Waals surface area contributed by atoms with Crippen molar-refractivity contribution < 1.29 is 19.4 Å². The maximum absolute atomic E-state index is 12.2. The van der Waals surface area contributed by atoms with E-state index < -0.39 is 12.0 Å². The Morgan fingerprint density at radius 1 is 1.41 bits per heavy atom. The van der Waals surface area contributed by atoms with E-state index in [-0.39, 0.29) is 23.4 Å². The van der Waals surface area contributed by atoms with Crippen LogP contribution in [0.3, 0.4) is 0 Å². The summed E-state index contributed by atoms with van der Waals surface area (Å²) >= 11 is 0. The van der Waals surface area contributed by atoms with Gasteiger partial charge in [-0.05, 0) is 31.4 Å². The van der Waals surface area contributed by atoms with Crippen LogP contribution in [-0.2, 0) is 9.53 Å². The van der Waals surface area contributed by atoms with Crippen molar-refractivity contribution in [3.8, 4) is 0 Å². The highest BCUT2D eigenvalue weighted by atomic mass is 16.5. The second-order valence-corrected chi connectivity index (χ2v) is 5.72. The van der Waals surface area contributed by atoms with Gasteiger partial charge in [-0.3, -0.25) is 0 Å². The Kier molecular flexibility index (Phi) is 3.64. The van der Waals surface area contributed by atoms with Crippen LogP contribution in [-0.4, -0.2) is 24.6 Å². The Morgan fingerprint density at radius 3 is 2.86 bits per heavy atom. The van der Waals surface area contributed by atoms with Crippen LogP contribution in [0.2, 0.25) is 0 Å². The molecule has 3 rings (SSSR count). The molecule has 0 fully saturated rings. The van der Waals surface area contributed by atoms with Crippen LogP contribution in [0.1, 0.15) is 40.7 Å². The number of carbonyl (C=O) groups excluding carboxylic acids is 2. The molecule has 0 unspecified atom stereocenters. The quantitative estimate of drug-likeness (QED) is 0.674. The van der Waals surface area contributed by atoms with Gasteiger partial charge in [-0.15, -0.1) is 0 Å². The lowest BCUT2D eigenvalue weighted by Gasteiger charge is -2.37. The fraction of sp³-hybridized carbons (Fsp3) is 0.412. The monoisotopic (exact) mass is 300 g/mol. The van der Waals surface area contributed by atoms with Crippen molar-refractivity contribution in [2.24, 2.45) is 5.92 Å². The van der Waals surface area contributed by atoms with Crippen LogP contribution in [0.5, 0.6) is 0 Å². The molecule has 0 saturated carbocycles. The van der Waals surface area contributed by atoms with Gasteiger partial charge >= 0.3 is 5.97 Å². The molecule has 0 spiro atoms. The van der Waals surface area contributed by atoms with Gasteiger partial charge in [0.05, 0.1) is 12.6 Å². The van der Waals surface area contributed by atoms with Crippen molar-refractivity contribution in [3.63, 3.8) is 0 Å². The summed E-state index contributed by atoms with van der Waals surface area (Å²) in [7, 11) is 0. The van der Waals surface area contributed by atoms with Crippen LogP contribution in [0, 0.1) is 12.8 Å². The van der Waals surface area contributed by atoms with E-state index in [0.29, 0.717) is 17.9 Å². The number of ether oxygens (including phenoxy) is 1. The first-order valence-corrected chi connectivity index (χ1v) is 7.49. The largest absolute Gasteiger partial charge is 0.545 e. The third kappa shape index (κ3) is 2.17. The summed E-state index contributed by atoms with van der Waals surface area (Å²) in [5, 5.41) is 14.4. The maximum Gasteiger partial charge on any atom is 0.328 e. The van der Waals surface area contributed by atoms with Crippen LogP contribution < -0.4 is 10.4 Å². The van der Waals surface area contributed by atoms with Gasteiger partial charge in [0.1, 0.15) is 6.04 Å². The summed E-state index contributed by atoms with van der Waals surface area (Å²) in [6, 6.07) is 2.94. The van der Waals surface area contributed by atoms with Crippen molar-refractivity contribution >= 4 is 17.6 Å². The standard InChI is InChI=1S/C17H19NO4/c1-3-22-17(21)15-12-6-4-5-11(12)13-8-7-10(16(19)20)9(2)14(13)18-15/h4-5,7-8,11-12,15,18H,3,6H2,1-2H3,(H,19,20)/p-1/t11-,12+,15+/m0/s1. The molecule has 0 bridgehead atoms. The number of carbonyl (C=O) groups is 2. The minimum Gasteiger partial charge on any atom is -0.545 e. The molecule has 1 aromatic carbocycles. The number of carboxylic acid groups (broad SMARTS) is 1. The lowest BCUT2D eigenvalue weighted by Crippen LogP contribution is -2.43. The molecule has 5 heteroatoms. The Labute approximate surface area is 129 Å². The van der Waals surface area contributed by atoms with E-state index in [0.717, 1.165) is 12.0 Å². The normalized spacial score (nSPS) is 25.1. The first kappa shape index (κ1) is 14.6. The van der Waals surface area contributed by atoms with Gasteiger partial charge < -0.3 is 20.0 Å². The van der Waals surface area contributed by atoms with Gasteiger partial charge in [0.25, 0.3) is 0 Å². The summed E-state index contributed by atoms with van der Waals surface area (Å²) in [5.74, 6) is -1.27. The van der Waals surface area contributed by atoms with Crippen LogP contribution >= 0.6 is 0 Å². The molecule has 0 radical (unpaired) electrons. The van der Waals surface area contributed by atoms with Crippen LogP contribution in [0.15, 0.2) is 24.3 Å². The lowest BCUT2D eigenvalue weighted by molar-refractivity contribution is -0.255. The van der Waals surface area contributed by atoms with E-state index in [4.69, 9.17) is 4.74 Å². The average molecular weight is 300 g/mol. The molecule has 0 saturated heterocycles. The van der Waals surface area contributed by atoms with Gasteiger partial charge in [-0.1, -0.05) is 24.3 Å². The molecule has 116 valence electrons. The van der Waals surface area contributed by atoms with Gasteiger partial charge in [-0.2, -0.15) is 0 Å². The summed E-state index contributed by atoms with van der Waals surface area (Å²) in [6.07, 6.45) is 4.97. The smallest absolute Gasteiger partial charge is 0.328 e. The molecule has 1 N–H and O–H groups in total. The summed E-state index contributed by atoms with van der Waals surface area (Å²) in [5.41, 5.74) is 2.49. The number of esters is 1. The van der Waals surface area contributed by atoms with Crippen molar-refractivity contribution in [2.45, 2.75) is 32.2 Å². The van der Waals surface area contributed by atoms with Crippen molar-refractivity contribution in [3.05, 3.63) is 41.0 Å². The zero-order valence-electron chi connectivity index (χ0n) is 12.6. The van der Waals surface area contributed by atoms with Crippen LogP contribution in [0.4, 0.5) is 5.69 Å². The Bertz CT molecular complexity index is 665. The molecule has 1 aromatic rings. The minimum atomic E-state index is -1.21. The molecule has 5 nitrogen and oxygen atoms in total. The molecule has 1 heterocycles. The lowest BCUT2D eigenvalue weighted by atomic mass is 9.78. The molecule has 22 heavy (non-hydrogen) atoms. The first-order valence-electron chi connectivity index (χ1n) is 7.49. The average Bonchev–Trinajstić information content (AvgIpc) is 2.96. The van der Waals surface area contributed by atoms with Crippen molar-refractivity contribution in [1.29, 1.82) is 0 Å². The molecule has 0 amide bonds. The van der Waals surface area contributed by atoms with Crippen LogP contribution in [0.25, 0.3) is 0 Å². The minimum absolute atomic E-state index is 0.111. The van der Waals surface area contributed by atoms with E-state index in [9.17, 15) is 14.7 Å². The number of aromatic carboxylic acids is 1. The van der Waals surface area contributed by atoms with Crippen molar-refractivity contribution in [2.75, 3.05) is 11.9 Å². The number of hydrogen-bond donors (Lipinski definition) is 1. The number of benzene rings is 1. The summed E-state index contributed by atoms with van der Waals surface area (Å²) < 4.78 is 5.16. The predicted molar refractivity (Wildman–Crippen MR) is 79.5 cm³/mol. The van der Waals surface area contributed by atoms with Crippen molar-refractivity contribution in [1.82, 2.24) is 0 Å². The first-order chi connectivity index (χ1) is 10.5. The topological polar surface area (TPSA) is 78.5 Å². The van der Waals surface area contributed by atoms with Gasteiger partial charge in [0, 0.05) is 23.1 Å². The van der Waals surface area contributed by atoms with Gasteiger partial charge in [0.2, 0.25) is 0 Å². The zero-order valence-corrected chi connectivity index (χ0v) is 12.6. The Morgan fingerprint density at radius 2 is 2.18 bits per heavy atom. The third-order valence-corrected chi connectivity index (χ3v) is 4.56. The fourth-order valence-corrected chi connectivity index (χ4v) is 3.50. The van der Waals surface area contributed by atoms with E-state index in [1.54, 1.807) is 19.9 Å². The van der Waals surface area contributed by atoms with E-state index in [2.05, 4.69) is 17.5 Å². The SMILES string of the molecule is CCOC(=O)[C@@H]1Nc2c(ccc(C(=O)[O-])c2C)[C@H]2C=CC[C@H]21. The summed E-state index contributed by atoms with van der Waals surface area (Å²) in [4.78, 5) is 23.4. The fourth-order valence-electron chi connectivity index (χ4n) is 3.50. The Hall–Kier alpha value is -2.30. The predicted octanol–water partition coefficient (Wildman–Crippen LogP) is 1.38. The molecule has 3 atom stereocenters. The highest BCUT2D eigenvalue weighted by molar-refractivity contribution is 5.92. The second-order valence-electron chi connectivity index (χ2n) is 5.72. The number of anilines is 1. The molecular weight excluding hydrogens is 282 g/mol. The van der Waals surface area contributed by atoms with E-state index in [1.165, 1.54) is 0 Å². The molecule has 2 aliphatic rings. The number of carboxylic acids is 1.